The molecule has 0 aromatic heterocycles. The second-order valence-electron chi connectivity index (χ2n) is 7.59. The molecule has 1 N–H and O–H groups in total. The molecule has 0 aliphatic carbocycles. The highest BCUT2D eigenvalue weighted by Crippen LogP contribution is 2.31. The molecule has 3 aromatic carbocycles. The van der Waals surface area contributed by atoms with Crippen molar-refractivity contribution in [2.24, 2.45) is 0 Å². The Morgan fingerprint density at radius 1 is 0.938 bits per heavy atom. The molecular weight excluding hydrogens is 424 g/mol. The summed E-state index contributed by atoms with van der Waals surface area (Å²) in [6.07, 6.45) is 1.17. The number of nitrogens with one attached hydrogen (secondary N) is 1. The summed E-state index contributed by atoms with van der Waals surface area (Å²) in [7, 11) is -3.56. The Kier molecular flexibility index (Phi) is 7.20. The number of sulfonamides is 1. The number of benzene rings is 3. The van der Waals surface area contributed by atoms with Gasteiger partial charge in [0.1, 0.15) is 5.75 Å². The van der Waals surface area contributed by atoms with Crippen LogP contribution in [0.15, 0.2) is 66.7 Å². The van der Waals surface area contributed by atoms with Crippen molar-refractivity contribution >= 4 is 27.3 Å². The summed E-state index contributed by atoms with van der Waals surface area (Å²) in [4.78, 5) is 12.7. The SMILES string of the molecule is CCOc1ccccc1N(Cc1ccc(C(=O)Nc2c(C)cccc2C)cc1)S(C)(=O)=O. The molecule has 0 bridgehead atoms. The van der Waals surface area contributed by atoms with E-state index >= 15 is 0 Å². The van der Waals surface area contributed by atoms with Gasteiger partial charge in [0.15, 0.2) is 0 Å². The molecule has 0 fully saturated rings. The first-order valence-corrected chi connectivity index (χ1v) is 12.2. The largest absolute Gasteiger partial charge is 0.492 e. The molecule has 0 radical (unpaired) electrons. The number of carbonyl (C=O) groups is 1. The summed E-state index contributed by atoms with van der Waals surface area (Å²) in [5.41, 5.74) is 4.52. The summed E-state index contributed by atoms with van der Waals surface area (Å²) >= 11 is 0. The van der Waals surface area contributed by atoms with Gasteiger partial charge in [-0.05, 0) is 61.7 Å². The Bertz CT molecular complexity index is 1180. The van der Waals surface area contributed by atoms with Crippen molar-refractivity contribution in [1.82, 2.24) is 0 Å². The molecule has 1 amide bonds. The van der Waals surface area contributed by atoms with Crippen LogP contribution < -0.4 is 14.4 Å². The number of amides is 1. The van der Waals surface area contributed by atoms with Gasteiger partial charge < -0.3 is 10.1 Å². The van der Waals surface area contributed by atoms with Crippen LogP contribution in [0.1, 0.15) is 34.0 Å². The number of anilines is 2. The third kappa shape index (κ3) is 5.48. The third-order valence-electron chi connectivity index (χ3n) is 5.10. The van der Waals surface area contributed by atoms with Crippen LogP contribution in [0, 0.1) is 13.8 Å². The number of ether oxygens (including phenoxy) is 1. The fourth-order valence-corrected chi connectivity index (χ4v) is 4.34. The summed E-state index contributed by atoms with van der Waals surface area (Å²) in [6.45, 7) is 6.31. The van der Waals surface area contributed by atoms with E-state index in [-0.39, 0.29) is 12.5 Å². The van der Waals surface area contributed by atoms with E-state index in [4.69, 9.17) is 4.74 Å². The van der Waals surface area contributed by atoms with Crippen molar-refractivity contribution in [2.75, 3.05) is 22.5 Å². The summed E-state index contributed by atoms with van der Waals surface area (Å²) in [5, 5.41) is 2.96. The first kappa shape index (κ1) is 23.3. The van der Waals surface area contributed by atoms with Crippen LogP contribution in [-0.4, -0.2) is 27.2 Å². The first-order chi connectivity index (χ1) is 15.2. The summed E-state index contributed by atoms with van der Waals surface area (Å²) in [6, 6.07) is 19.8. The molecule has 0 saturated carbocycles. The lowest BCUT2D eigenvalue weighted by molar-refractivity contribution is 0.102. The van der Waals surface area contributed by atoms with Crippen LogP contribution >= 0.6 is 0 Å². The average molecular weight is 453 g/mol. The number of hydrogen-bond donors (Lipinski definition) is 1. The standard InChI is InChI=1S/C25H28N2O4S/c1-5-31-23-12-7-6-11-22(23)27(32(4,29)30)17-20-13-15-21(16-14-20)25(28)26-24-18(2)9-8-10-19(24)3/h6-16H,5,17H2,1-4H3,(H,26,28). The topological polar surface area (TPSA) is 75.7 Å². The van der Waals surface area contributed by atoms with Gasteiger partial charge in [0, 0.05) is 11.3 Å². The first-order valence-electron chi connectivity index (χ1n) is 10.4. The Morgan fingerprint density at radius 2 is 1.56 bits per heavy atom. The quantitative estimate of drug-likeness (QED) is 0.526. The van der Waals surface area contributed by atoms with Gasteiger partial charge in [-0.2, -0.15) is 0 Å². The maximum atomic E-state index is 12.7. The summed E-state index contributed by atoms with van der Waals surface area (Å²) < 4.78 is 32.0. The molecule has 32 heavy (non-hydrogen) atoms. The van der Waals surface area contributed by atoms with E-state index in [0.717, 1.165) is 22.4 Å². The number of rotatable bonds is 8. The monoisotopic (exact) mass is 452 g/mol. The number of aryl methyl sites for hydroxylation is 2. The second-order valence-corrected chi connectivity index (χ2v) is 9.50. The molecule has 168 valence electrons. The van der Waals surface area contributed by atoms with Crippen LogP contribution in [0.2, 0.25) is 0 Å². The molecule has 0 spiro atoms. The smallest absolute Gasteiger partial charge is 0.255 e. The van der Waals surface area contributed by atoms with Crippen molar-refractivity contribution in [3.8, 4) is 5.75 Å². The average Bonchev–Trinajstić information content (AvgIpc) is 2.75. The van der Waals surface area contributed by atoms with E-state index in [1.54, 1.807) is 48.5 Å². The minimum atomic E-state index is -3.56. The fourth-order valence-electron chi connectivity index (χ4n) is 3.45. The predicted molar refractivity (Wildman–Crippen MR) is 129 cm³/mol. The van der Waals surface area contributed by atoms with E-state index < -0.39 is 10.0 Å². The van der Waals surface area contributed by atoms with E-state index in [1.807, 2.05) is 39.0 Å². The van der Waals surface area contributed by atoms with E-state index in [2.05, 4.69) is 5.32 Å². The van der Waals surface area contributed by atoms with Crippen LogP contribution in [0.5, 0.6) is 5.75 Å². The molecule has 7 heteroatoms. The van der Waals surface area contributed by atoms with Crippen LogP contribution in [-0.2, 0) is 16.6 Å². The van der Waals surface area contributed by atoms with Crippen molar-refractivity contribution in [1.29, 1.82) is 0 Å². The lowest BCUT2D eigenvalue weighted by Crippen LogP contribution is -2.29. The van der Waals surface area contributed by atoms with Crippen LogP contribution in [0.3, 0.4) is 0 Å². The second kappa shape index (κ2) is 9.87. The number of nitrogens with zero attached hydrogens (tertiary/aromatic N) is 1. The van der Waals surface area contributed by atoms with Gasteiger partial charge in [-0.25, -0.2) is 8.42 Å². The Labute approximate surface area is 189 Å². The van der Waals surface area contributed by atoms with Gasteiger partial charge >= 0.3 is 0 Å². The minimum absolute atomic E-state index is 0.127. The number of carbonyl (C=O) groups excluding carboxylic acids is 1. The van der Waals surface area contributed by atoms with Crippen molar-refractivity contribution < 1.29 is 17.9 Å². The van der Waals surface area contributed by atoms with Gasteiger partial charge in [0.2, 0.25) is 10.0 Å². The molecule has 0 heterocycles. The lowest BCUT2D eigenvalue weighted by atomic mass is 10.1. The molecule has 0 saturated heterocycles. The molecule has 3 aromatic rings. The van der Waals surface area contributed by atoms with Crippen molar-refractivity contribution in [3.05, 3.63) is 89.0 Å². The predicted octanol–water partition coefficient (Wildman–Crippen LogP) is 4.92. The highest BCUT2D eigenvalue weighted by atomic mass is 32.2. The van der Waals surface area contributed by atoms with E-state index in [0.29, 0.717) is 23.6 Å². The zero-order valence-corrected chi connectivity index (χ0v) is 19.6. The maximum Gasteiger partial charge on any atom is 0.255 e. The molecule has 0 aliphatic rings. The molecular formula is C25H28N2O4S. The highest BCUT2D eigenvalue weighted by molar-refractivity contribution is 7.92. The van der Waals surface area contributed by atoms with Gasteiger partial charge in [-0.1, -0.05) is 42.5 Å². The zero-order chi connectivity index (χ0) is 23.3. The molecule has 3 rings (SSSR count). The Balaban J connectivity index is 1.82. The van der Waals surface area contributed by atoms with Gasteiger partial charge in [-0.3, -0.25) is 9.10 Å². The summed E-state index contributed by atoms with van der Waals surface area (Å²) in [5.74, 6) is 0.292. The van der Waals surface area contributed by atoms with E-state index in [1.165, 1.54) is 10.6 Å². The molecule has 0 aliphatic heterocycles. The normalized spacial score (nSPS) is 11.1. The fraction of sp³-hybridized carbons (Fsp3) is 0.240. The Morgan fingerprint density at radius 3 is 2.16 bits per heavy atom. The van der Waals surface area contributed by atoms with Crippen molar-refractivity contribution in [3.63, 3.8) is 0 Å². The van der Waals surface area contributed by atoms with E-state index in [9.17, 15) is 13.2 Å². The van der Waals surface area contributed by atoms with Crippen LogP contribution in [0.4, 0.5) is 11.4 Å². The zero-order valence-electron chi connectivity index (χ0n) is 18.8. The van der Waals surface area contributed by atoms with Crippen molar-refractivity contribution in [2.45, 2.75) is 27.3 Å². The minimum Gasteiger partial charge on any atom is -0.492 e. The molecule has 0 atom stereocenters. The number of hydrogen-bond acceptors (Lipinski definition) is 4. The van der Waals surface area contributed by atoms with Gasteiger partial charge in [0.05, 0.1) is 25.1 Å². The lowest BCUT2D eigenvalue weighted by Gasteiger charge is -2.24. The molecule has 6 nitrogen and oxygen atoms in total. The third-order valence-corrected chi connectivity index (χ3v) is 6.22. The van der Waals surface area contributed by atoms with Gasteiger partial charge in [0.25, 0.3) is 5.91 Å². The Hall–Kier alpha value is -3.32. The molecule has 0 unspecified atom stereocenters. The van der Waals surface area contributed by atoms with Gasteiger partial charge in [-0.15, -0.1) is 0 Å². The van der Waals surface area contributed by atoms with Crippen LogP contribution in [0.25, 0.3) is 0 Å². The number of para-hydroxylation sites is 3. The highest BCUT2D eigenvalue weighted by Gasteiger charge is 2.21. The maximum absolute atomic E-state index is 12.7.